The largest absolute Gasteiger partial charge is 0.478 e. The summed E-state index contributed by atoms with van der Waals surface area (Å²) in [5.41, 5.74) is 0.930. The number of hydrogen-bond donors (Lipinski definition) is 1. The standard InChI is InChI=1S/C14H18O4S/c15-14(16)2-1-12-5-8-19-13(12)10-18-9-11-3-6-17-7-4-11/h1-2,5,8,11H,3-4,6-7,9-10H2,(H,15,16). The summed E-state index contributed by atoms with van der Waals surface area (Å²) in [6.07, 6.45) is 4.91. The van der Waals surface area contributed by atoms with Gasteiger partial charge in [0.25, 0.3) is 0 Å². The third-order valence-electron chi connectivity index (χ3n) is 3.11. The van der Waals surface area contributed by atoms with E-state index in [0.29, 0.717) is 12.5 Å². The molecule has 2 rings (SSSR count). The molecule has 0 radical (unpaired) electrons. The Morgan fingerprint density at radius 2 is 2.32 bits per heavy atom. The Labute approximate surface area is 116 Å². The van der Waals surface area contributed by atoms with E-state index < -0.39 is 5.97 Å². The van der Waals surface area contributed by atoms with Gasteiger partial charge >= 0.3 is 5.97 Å². The van der Waals surface area contributed by atoms with E-state index in [-0.39, 0.29) is 0 Å². The first-order chi connectivity index (χ1) is 9.25. The predicted octanol–water partition coefficient (Wildman–Crippen LogP) is 2.79. The van der Waals surface area contributed by atoms with Crippen LogP contribution in [-0.2, 0) is 20.9 Å². The number of ether oxygens (including phenoxy) is 2. The molecule has 1 fully saturated rings. The second-order valence-corrected chi connectivity index (χ2v) is 5.54. The lowest BCUT2D eigenvalue weighted by Crippen LogP contribution is -2.20. The molecule has 0 amide bonds. The van der Waals surface area contributed by atoms with Gasteiger partial charge in [-0.2, -0.15) is 0 Å². The van der Waals surface area contributed by atoms with Crippen molar-refractivity contribution in [3.63, 3.8) is 0 Å². The zero-order valence-electron chi connectivity index (χ0n) is 10.7. The zero-order chi connectivity index (χ0) is 13.5. The number of thiophene rings is 1. The van der Waals surface area contributed by atoms with Gasteiger partial charge in [0.2, 0.25) is 0 Å². The van der Waals surface area contributed by atoms with Crippen molar-refractivity contribution < 1.29 is 19.4 Å². The van der Waals surface area contributed by atoms with E-state index in [2.05, 4.69) is 0 Å². The summed E-state index contributed by atoms with van der Waals surface area (Å²) in [6, 6.07) is 1.91. The quantitative estimate of drug-likeness (QED) is 0.815. The molecule has 1 N–H and O–H groups in total. The van der Waals surface area contributed by atoms with Crippen molar-refractivity contribution in [2.75, 3.05) is 19.8 Å². The molecule has 1 saturated heterocycles. The summed E-state index contributed by atoms with van der Waals surface area (Å²) in [4.78, 5) is 11.6. The molecule has 0 aliphatic carbocycles. The molecule has 0 aromatic carbocycles. The Morgan fingerprint density at radius 1 is 1.53 bits per heavy atom. The Kier molecular flexibility index (Phi) is 5.57. The van der Waals surface area contributed by atoms with Gasteiger partial charge in [-0.05, 0) is 41.8 Å². The normalized spacial score (nSPS) is 17.1. The predicted molar refractivity (Wildman–Crippen MR) is 74.2 cm³/mol. The maximum atomic E-state index is 10.5. The molecule has 1 aromatic rings. The summed E-state index contributed by atoms with van der Waals surface area (Å²) in [6.45, 7) is 2.97. The van der Waals surface area contributed by atoms with Crippen molar-refractivity contribution in [3.05, 3.63) is 28.0 Å². The van der Waals surface area contributed by atoms with Crippen molar-refractivity contribution >= 4 is 23.4 Å². The van der Waals surface area contributed by atoms with E-state index >= 15 is 0 Å². The summed E-state index contributed by atoms with van der Waals surface area (Å²) < 4.78 is 11.0. The number of carbonyl (C=O) groups is 1. The Balaban J connectivity index is 1.79. The van der Waals surface area contributed by atoms with Crippen LogP contribution in [0.4, 0.5) is 0 Å². The van der Waals surface area contributed by atoms with Gasteiger partial charge in [0.05, 0.1) is 13.2 Å². The van der Waals surface area contributed by atoms with E-state index in [9.17, 15) is 4.79 Å². The number of aliphatic carboxylic acids is 1. The van der Waals surface area contributed by atoms with Gasteiger partial charge < -0.3 is 14.6 Å². The van der Waals surface area contributed by atoms with Gasteiger partial charge in [-0.3, -0.25) is 0 Å². The Hall–Kier alpha value is -1.17. The van der Waals surface area contributed by atoms with Crippen LogP contribution in [0.2, 0.25) is 0 Å². The first-order valence-electron chi connectivity index (χ1n) is 6.38. The summed E-state index contributed by atoms with van der Waals surface area (Å²) >= 11 is 1.59. The number of carboxylic acids is 1. The molecule has 0 bridgehead atoms. The van der Waals surface area contributed by atoms with E-state index in [4.69, 9.17) is 14.6 Å². The fraction of sp³-hybridized carbons (Fsp3) is 0.500. The van der Waals surface area contributed by atoms with E-state index in [1.54, 1.807) is 17.4 Å². The van der Waals surface area contributed by atoms with Gasteiger partial charge in [0, 0.05) is 24.2 Å². The van der Waals surface area contributed by atoms with Crippen LogP contribution in [0, 0.1) is 5.92 Å². The highest BCUT2D eigenvalue weighted by atomic mass is 32.1. The van der Waals surface area contributed by atoms with Gasteiger partial charge in [-0.15, -0.1) is 11.3 Å². The van der Waals surface area contributed by atoms with Gasteiger partial charge in [-0.25, -0.2) is 4.79 Å². The van der Waals surface area contributed by atoms with E-state index in [1.165, 1.54) is 0 Å². The monoisotopic (exact) mass is 282 g/mol. The molecule has 1 aromatic heterocycles. The fourth-order valence-corrected chi connectivity index (χ4v) is 2.81. The van der Waals surface area contributed by atoms with E-state index in [1.807, 2.05) is 11.4 Å². The van der Waals surface area contributed by atoms with Crippen molar-refractivity contribution in [3.8, 4) is 0 Å². The van der Waals surface area contributed by atoms with Crippen molar-refractivity contribution in [1.82, 2.24) is 0 Å². The molecule has 19 heavy (non-hydrogen) atoms. The number of hydrogen-bond acceptors (Lipinski definition) is 4. The molecule has 5 heteroatoms. The molecule has 0 spiro atoms. The van der Waals surface area contributed by atoms with Crippen LogP contribution in [0.3, 0.4) is 0 Å². The lowest BCUT2D eigenvalue weighted by molar-refractivity contribution is -0.131. The molecule has 2 heterocycles. The zero-order valence-corrected chi connectivity index (χ0v) is 11.5. The molecule has 0 unspecified atom stereocenters. The molecule has 0 saturated carbocycles. The number of carboxylic acid groups (broad SMARTS) is 1. The van der Waals surface area contributed by atoms with E-state index in [0.717, 1.165) is 49.2 Å². The lowest BCUT2D eigenvalue weighted by Gasteiger charge is -2.21. The van der Waals surface area contributed by atoms with Gasteiger partial charge in [0.15, 0.2) is 0 Å². The third-order valence-corrected chi connectivity index (χ3v) is 4.02. The van der Waals surface area contributed by atoms with Gasteiger partial charge in [0.1, 0.15) is 0 Å². The molecular formula is C14H18O4S. The minimum absolute atomic E-state index is 0.550. The smallest absolute Gasteiger partial charge is 0.328 e. The topological polar surface area (TPSA) is 55.8 Å². The van der Waals surface area contributed by atoms with Crippen LogP contribution >= 0.6 is 11.3 Å². The first kappa shape index (κ1) is 14.2. The number of rotatable bonds is 6. The first-order valence-corrected chi connectivity index (χ1v) is 7.26. The molecule has 104 valence electrons. The highest BCUT2D eigenvalue weighted by Gasteiger charge is 2.14. The molecular weight excluding hydrogens is 264 g/mol. The van der Waals surface area contributed by atoms with Crippen LogP contribution in [0.5, 0.6) is 0 Å². The average Bonchev–Trinajstić information content (AvgIpc) is 2.85. The highest BCUT2D eigenvalue weighted by Crippen LogP contribution is 2.21. The average molecular weight is 282 g/mol. The Morgan fingerprint density at radius 3 is 3.05 bits per heavy atom. The summed E-state index contributed by atoms with van der Waals surface area (Å²) in [5, 5.41) is 10.6. The SMILES string of the molecule is O=C(O)C=Cc1ccsc1COCC1CCOCC1. The maximum Gasteiger partial charge on any atom is 0.328 e. The molecule has 0 atom stereocenters. The van der Waals surface area contributed by atoms with Crippen LogP contribution in [0.25, 0.3) is 6.08 Å². The minimum atomic E-state index is -0.930. The summed E-state index contributed by atoms with van der Waals surface area (Å²) in [7, 11) is 0. The van der Waals surface area contributed by atoms with Crippen molar-refractivity contribution in [2.24, 2.45) is 5.92 Å². The van der Waals surface area contributed by atoms with Crippen LogP contribution < -0.4 is 0 Å². The molecule has 1 aliphatic heterocycles. The minimum Gasteiger partial charge on any atom is -0.478 e. The van der Waals surface area contributed by atoms with Crippen molar-refractivity contribution in [2.45, 2.75) is 19.4 Å². The van der Waals surface area contributed by atoms with Crippen LogP contribution in [0.15, 0.2) is 17.5 Å². The molecule has 4 nitrogen and oxygen atoms in total. The Bertz CT molecular complexity index is 432. The third kappa shape index (κ3) is 4.78. The highest BCUT2D eigenvalue weighted by molar-refractivity contribution is 7.10. The lowest BCUT2D eigenvalue weighted by atomic mass is 10.0. The summed E-state index contributed by atoms with van der Waals surface area (Å²) in [5.74, 6) is -0.341. The fourth-order valence-electron chi connectivity index (χ4n) is 2.01. The van der Waals surface area contributed by atoms with Crippen LogP contribution in [0.1, 0.15) is 23.3 Å². The second kappa shape index (κ2) is 7.43. The second-order valence-electron chi connectivity index (χ2n) is 4.54. The van der Waals surface area contributed by atoms with Crippen LogP contribution in [-0.4, -0.2) is 30.9 Å². The van der Waals surface area contributed by atoms with Crippen molar-refractivity contribution in [1.29, 1.82) is 0 Å². The maximum absolute atomic E-state index is 10.5. The van der Waals surface area contributed by atoms with Gasteiger partial charge in [-0.1, -0.05) is 0 Å². The molecule has 1 aliphatic rings.